The Morgan fingerprint density at radius 2 is 2.19 bits per heavy atom. The number of rotatable bonds is 3. The van der Waals surface area contributed by atoms with E-state index in [1.807, 2.05) is 13.0 Å². The Morgan fingerprint density at radius 3 is 3.05 bits per heavy atom. The molecule has 6 nitrogen and oxygen atoms in total. The topological polar surface area (TPSA) is 58.9 Å². The molecule has 0 saturated carbocycles. The second-order valence-electron chi connectivity index (χ2n) is 5.97. The highest BCUT2D eigenvalue weighted by molar-refractivity contribution is 5.52. The van der Waals surface area contributed by atoms with Gasteiger partial charge in [-0.1, -0.05) is 6.07 Å². The Kier molecular flexibility index (Phi) is 3.11. The highest BCUT2D eigenvalue weighted by Gasteiger charge is 2.36. The highest BCUT2D eigenvalue weighted by Crippen LogP contribution is 2.30. The van der Waals surface area contributed by atoms with Crippen molar-refractivity contribution in [3.63, 3.8) is 0 Å². The van der Waals surface area contributed by atoms with Crippen LogP contribution in [0.2, 0.25) is 0 Å². The average molecular weight is 284 g/mol. The van der Waals surface area contributed by atoms with Gasteiger partial charge < -0.3 is 5.32 Å². The largest absolute Gasteiger partial charge is 0.381 e. The number of nitrogens with zero attached hydrogens (tertiary/aromatic N) is 5. The zero-order chi connectivity index (χ0) is 14.2. The van der Waals surface area contributed by atoms with Crippen molar-refractivity contribution in [2.75, 3.05) is 18.4 Å². The fourth-order valence-corrected chi connectivity index (χ4v) is 3.66. The van der Waals surface area contributed by atoms with Crippen LogP contribution in [0.4, 0.5) is 5.69 Å². The van der Waals surface area contributed by atoms with Crippen molar-refractivity contribution in [2.45, 2.75) is 38.3 Å². The first kappa shape index (κ1) is 12.8. The predicted octanol–water partition coefficient (Wildman–Crippen LogP) is 1.62. The minimum Gasteiger partial charge on any atom is -0.381 e. The van der Waals surface area contributed by atoms with Crippen LogP contribution < -0.4 is 5.32 Å². The van der Waals surface area contributed by atoms with Gasteiger partial charge in [0.15, 0.2) is 5.82 Å². The first-order chi connectivity index (χ1) is 10.3. The number of fused-ring (bicyclic) bond motifs is 1. The maximum absolute atomic E-state index is 4.03. The second-order valence-corrected chi connectivity index (χ2v) is 5.97. The van der Waals surface area contributed by atoms with Gasteiger partial charge in [-0.3, -0.25) is 4.90 Å². The van der Waals surface area contributed by atoms with E-state index < -0.39 is 0 Å². The standard InChI is InChI=1S/C15H20N6/c1-11-17-18-19-21(11)13-5-2-4-12(10-13)16-14-7-9-20-8-3-6-15(14)20/h2,4-5,10,14-16H,3,6-9H2,1H3. The molecule has 2 saturated heterocycles. The van der Waals surface area contributed by atoms with Crippen LogP contribution in [0.25, 0.3) is 5.69 Å². The van der Waals surface area contributed by atoms with E-state index in [1.165, 1.54) is 32.4 Å². The normalized spacial score (nSPS) is 25.2. The van der Waals surface area contributed by atoms with E-state index >= 15 is 0 Å². The monoisotopic (exact) mass is 284 g/mol. The molecule has 1 aromatic heterocycles. The lowest BCUT2D eigenvalue weighted by Gasteiger charge is -2.22. The fourth-order valence-electron chi connectivity index (χ4n) is 3.66. The summed E-state index contributed by atoms with van der Waals surface area (Å²) in [6.07, 6.45) is 3.90. The maximum Gasteiger partial charge on any atom is 0.153 e. The third-order valence-corrected chi connectivity index (χ3v) is 4.67. The lowest BCUT2D eigenvalue weighted by Crippen LogP contribution is -2.33. The van der Waals surface area contributed by atoms with Crippen LogP contribution in [0.1, 0.15) is 25.1 Å². The van der Waals surface area contributed by atoms with E-state index in [4.69, 9.17) is 0 Å². The first-order valence-corrected chi connectivity index (χ1v) is 7.67. The van der Waals surface area contributed by atoms with Crippen molar-refractivity contribution < 1.29 is 0 Å². The molecule has 2 atom stereocenters. The molecule has 1 N–H and O–H groups in total. The molecule has 2 aromatic rings. The minimum atomic E-state index is 0.567. The number of anilines is 1. The van der Waals surface area contributed by atoms with Gasteiger partial charge in [-0.05, 0) is 61.4 Å². The van der Waals surface area contributed by atoms with Gasteiger partial charge >= 0.3 is 0 Å². The second kappa shape index (κ2) is 5.11. The molecule has 2 unspecified atom stereocenters. The van der Waals surface area contributed by atoms with Crippen LogP contribution in [0.5, 0.6) is 0 Å². The minimum absolute atomic E-state index is 0.567. The average Bonchev–Trinajstić information content (AvgIpc) is 3.18. The summed E-state index contributed by atoms with van der Waals surface area (Å²) in [6.45, 7) is 4.41. The number of hydrogen-bond donors (Lipinski definition) is 1. The summed E-state index contributed by atoms with van der Waals surface area (Å²) < 4.78 is 1.77. The third-order valence-electron chi connectivity index (χ3n) is 4.67. The van der Waals surface area contributed by atoms with Gasteiger partial charge in [0, 0.05) is 24.3 Å². The van der Waals surface area contributed by atoms with Crippen molar-refractivity contribution >= 4 is 5.69 Å². The molecule has 1 aromatic carbocycles. The first-order valence-electron chi connectivity index (χ1n) is 7.67. The Labute approximate surface area is 124 Å². The number of nitrogens with one attached hydrogen (secondary N) is 1. The number of aryl methyl sites for hydroxylation is 1. The third kappa shape index (κ3) is 2.29. The molecule has 21 heavy (non-hydrogen) atoms. The highest BCUT2D eigenvalue weighted by atomic mass is 15.5. The van der Waals surface area contributed by atoms with Gasteiger partial charge in [-0.25, -0.2) is 0 Å². The molecule has 0 radical (unpaired) electrons. The van der Waals surface area contributed by atoms with E-state index in [0.717, 1.165) is 17.2 Å². The Bertz CT molecular complexity index is 637. The zero-order valence-electron chi connectivity index (χ0n) is 12.2. The lowest BCUT2D eigenvalue weighted by molar-refractivity contribution is 0.318. The molecule has 110 valence electrons. The van der Waals surface area contributed by atoms with Crippen molar-refractivity contribution in [2.24, 2.45) is 0 Å². The molecule has 6 heteroatoms. The number of hydrogen-bond acceptors (Lipinski definition) is 5. The van der Waals surface area contributed by atoms with Gasteiger partial charge in [0.25, 0.3) is 0 Å². The maximum atomic E-state index is 4.03. The summed E-state index contributed by atoms with van der Waals surface area (Å²) in [6, 6.07) is 9.62. The smallest absolute Gasteiger partial charge is 0.153 e. The summed E-state index contributed by atoms with van der Waals surface area (Å²) in [5.41, 5.74) is 2.16. The van der Waals surface area contributed by atoms with Crippen LogP contribution in [0, 0.1) is 6.92 Å². The summed E-state index contributed by atoms with van der Waals surface area (Å²) in [5, 5.41) is 15.4. The Balaban J connectivity index is 1.55. The van der Waals surface area contributed by atoms with Gasteiger partial charge in [0.1, 0.15) is 0 Å². The molecule has 4 rings (SSSR count). The molecule has 0 aliphatic carbocycles. The molecule has 2 fully saturated rings. The number of benzene rings is 1. The Morgan fingerprint density at radius 1 is 1.24 bits per heavy atom. The Hall–Kier alpha value is -1.95. The van der Waals surface area contributed by atoms with E-state index in [1.54, 1.807) is 4.68 Å². The van der Waals surface area contributed by atoms with Gasteiger partial charge in [0.05, 0.1) is 5.69 Å². The summed E-state index contributed by atoms with van der Waals surface area (Å²) >= 11 is 0. The summed E-state index contributed by atoms with van der Waals surface area (Å²) in [7, 11) is 0. The molecule has 2 aliphatic rings. The van der Waals surface area contributed by atoms with Crippen molar-refractivity contribution in [1.82, 2.24) is 25.1 Å². The zero-order valence-corrected chi connectivity index (χ0v) is 12.2. The predicted molar refractivity (Wildman–Crippen MR) is 80.5 cm³/mol. The van der Waals surface area contributed by atoms with Crippen molar-refractivity contribution in [3.05, 3.63) is 30.1 Å². The molecular weight excluding hydrogens is 264 g/mol. The van der Waals surface area contributed by atoms with Crippen LogP contribution in [-0.4, -0.2) is 50.3 Å². The van der Waals surface area contributed by atoms with Crippen molar-refractivity contribution in [3.8, 4) is 5.69 Å². The van der Waals surface area contributed by atoms with E-state index in [9.17, 15) is 0 Å². The van der Waals surface area contributed by atoms with Crippen LogP contribution in [0.3, 0.4) is 0 Å². The van der Waals surface area contributed by atoms with E-state index in [2.05, 4.69) is 43.9 Å². The van der Waals surface area contributed by atoms with Gasteiger partial charge in [-0.15, -0.1) is 5.10 Å². The molecule has 0 amide bonds. The molecular formula is C15H20N6. The number of tetrazole rings is 1. The van der Waals surface area contributed by atoms with Crippen LogP contribution in [-0.2, 0) is 0 Å². The van der Waals surface area contributed by atoms with E-state index in [0.29, 0.717) is 12.1 Å². The molecule has 2 aliphatic heterocycles. The quantitative estimate of drug-likeness (QED) is 0.928. The lowest BCUT2D eigenvalue weighted by atomic mass is 10.1. The summed E-state index contributed by atoms with van der Waals surface area (Å²) in [4.78, 5) is 2.62. The van der Waals surface area contributed by atoms with Gasteiger partial charge in [-0.2, -0.15) is 4.68 Å². The van der Waals surface area contributed by atoms with Crippen LogP contribution in [0.15, 0.2) is 24.3 Å². The van der Waals surface area contributed by atoms with Gasteiger partial charge in [0.2, 0.25) is 0 Å². The summed E-state index contributed by atoms with van der Waals surface area (Å²) in [5.74, 6) is 0.801. The fraction of sp³-hybridized carbons (Fsp3) is 0.533. The SMILES string of the molecule is Cc1nnnn1-c1cccc(NC2CCN3CCCC23)c1. The molecule has 0 spiro atoms. The van der Waals surface area contributed by atoms with E-state index in [-0.39, 0.29) is 0 Å². The molecule has 0 bridgehead atoms. The molecule has 3 heterocycles. The number of aromatic nitrogens is 4. The van der Waals surface area contributed by atoms with Crippen LogP contribution >= 0.6 is 0 Å². The van der Waals surface area contributed by atoms with Crippen molar-refractivity contribution in [1.29, 1.82) is 0 Å².